The number of aryl methyl sites for hydroxylation is 1. The molecule has 150 valence electrons. The highest BCUT2D eigenvalue weighted by Crippen LogP contribution is 2.35. The minimum Gasteiger partial charge on any atom is -0.363 e. The average molecular weight is 469 g/mol. The molecule has 2 aromatic heterocycles. The SMILES string of the molecule is C[C@@H](Nc1ncc(C#N)c2c1cc(Br)c(=O)n2C)c1cccc(C(F)(F)F)c1F. The molecule has 1 atom stereocenters. The third-order valence-electron chi connectivity index (χ3n) is 4.48. The van der Waals surface area contributed by atoms with Crippen LogP contribution >= 0.6 is 15.9 Å². The molecule has 1 aromatic carbocycles. The zero-order valence-corrected chi connectivity index (χ0v) is 16.7. The fourth-order valence-corrected chi connectivity index (χ4v) is 3.54. The second kappa shape index (κ2) is 7.48. The minimum absolute atomic E-state index is 0.149. The highest BCUT2D eigenvalue weighted by atomic mass is 79.9. The highest BCUT2D eigenvalue weighted by Gasteiger charge is 2.35. The van der Waals surface area contributed by atoms with Gasteiger partial charge in [-0.2, -0.15) is 18.4 Å². The Morgan fingerprint density at radius 2 is 2.03 bits per heavy atom. The maximum Gasteiger partial charge on any atom is 0.419 e. The molecular weight excluding hydrogens is 456 g/mol. The Morgan fingerprint density at radius 3 is 2.66 bits per heavy atom. The molecule has 0 bridgehead atoms. The van der Waals surface area contributed by atoms with Crippen LogP contribution in [0.4, 0.5) is 23.4 Å². The Labute approximate surface area is 170 Å². The molecule has 29 heavy (non-hydrogen) atoms. The van der Waals surface area contributed by atoms with Gasteiger partial charge in [0.25, 0.3) is 5.56 Å². The van der Waals surface area contributed by atoms with Gasteiger partial charge in [-0.1, -0.05) is 12.1 Å². The molecular formula is C19H13BrF4N4O. The lowest BCUT2D eigenvalue weighted by atomic mass is 10.0. The third kappa shape index (κ3) is 3.70. The number of nitrogens with zero attached hydrogens (tertiary/aromatic N) is 3. The summed E-state index contributed by atoms with van der Waals surface area (Å²) in [6.45, 7) is 1.49. The number of hydrogen-bond donors (Lipinski definition) is 1. The van der Waals surface area contributed by atoms with E-state index >= 15 is 0 Å². The van der Waals surface area contributed by atoms with Gasteiger partial charge in [0.1, 0.15) is 17.7 Å². The van der Waals surface area contributed by atoms with Crippen LogP contribution in [0.3, 0.4) is 0 Å². The lowest BCUT2D eigenvalue weighted by molar-refractivity contribution is -0.140. The monoisotopic (exact) mass is 468 g/mol. The van der Waals surface area contributed by atoms with E-state index in [1.807, 2.05) is 6.07 Å². The summed E-state index contributed by atoms with van der Waals surface area (Å²) in [6.07, 6.45) is -3.57. The minimum atomic E-state index is -4.82. The summed E-state index contributed by atoms with van der Waals surface area (Å²) < 4.78 is 54.9. The number of pyridine rings is 2. The molecule has 0 saturated carbocycles. The van der Waals surface area contributed by atoms with Crippen molar-refractivity contribution in [2.24, 2.45) is 7.05 Å². The van der Waals surface area contributed by atoms with Crippen LogP contribution in [-0.2, 0) is 13.2 Å². The van der Waals surface area contributed by atoms with Crippen molar-refractivity contribution >= 4 is 32.7 Å². The molecule has 1 N–H and O–H groups in total. The van der Waals surface area contributed by atoms with Gasteiger partial charge in [-0.05, 0) is 35.0 Å². The van der Waals surface area contributed by atoms with Crippen LogP contribution in [0.1, 0.15) is 29.7 Å². The second-order valence-corrected chi connectivity index (χ2v) is 7.18. The lowest BCUT2D eigenvalue weighted by Crippen LogP contribution is -2.19. The van der Waals surface area contributed by atoms with Crippen molar-refractivity contribution in [2.45, 2.75) is 19.1 Å². The molecule has 0 saturated heterocycles. The quantitative estimate of drug-likeness (QED) is 0.555. The Balaban J connectivity index is 2.13. The highest BCUT2D eigenvalue weighted by molar-refractivity contribution is 9.10. The molecule has 0 radical (unpaired) electrons. The van der Waals surface area contributed by atoms with Crippen molar-refractivity contribution in [1.82, 2.24) is 9.55 Å². The van der Waals surface area contributed by atoms with E-state index in [9.17, 15) is 27.6 Å². The standard InChI is InChI=1S/C19H13BrF4N4O/c1-9(11-4-3-5-13(15(11)21)19(22,23)24)27-17-12-6-14(20)18(29)28(2)16(12)10(7-25)8-26-17/h3-6,8-9H,1-2H3,(H,26,27)/t9-/m1/s1. The summed E-state index contributed by atoms with van der Waals surface area (Å²) in [7, 11) is 1.48. The lowest BCUT2D eigenvalue weighted by Gasteiger charge is -2.20. The number of rotatable bonds is 3. The average Bonchev–Trinajstić information content (AvgIpc) is 2.65. The summed E-state index contributed by atoms with van der Waals surface area (Å²) in [6, 6.07) is 5.59. The van der Waals surface area contributed by atoms with Gasteiger partial charge in [-0.15, -0.1) is 0 Å². The predicted molar refractivity (Wildman–Crippen MR) is 103 cm³/mol. The second-order valence-electron chi connectivity index (χ2n) is 6.32. The molecule has 0 fully saturated rings. The molecule has 5 nitrogen and oxygen atoms in total. The number of hydrogen-bond acceptors (Lipinski definition) is 4. The number of fused-ring (bicyclic) bond motifs is 1. The molecule has 0 aliphatic carbocycles. The van der Waals surface area contributed by atoms with Crippen molar-refractivity contribution < 1.29 is 17.6 Å². The fourth-order valence-electron chi connectivity index (χ4n) is 3.05. The molecule has 0 spiro atoms. The number of halogens is 5. The van der Waals surface area contributed by atoms with Crippen LogP contribution in [0.2, 0.25) is 0 Å². The number of anilines is 1. The molecule has 0 aliphatic rings. The zero-order chi connectivity index (χ0) is 21.5. The number of nitriles is 1. The molecule has 0 unspecified atom stereocenters. The fraction of sp³-hybridized carbons (Fsp3) is 0.211. The normalized spacial score (nSPS) is 12.6. The Bertz CT molecular complexity index is 1210. The van der Waals surface area contributed by atoms with E-state index in [0.717, 1.165) is 6.07 Å². The van der Waals surface area contributed by atoms with Gasteiger partial charge in [-0.3, -0.25) is 4.79 Å². The van der Waals surface area contributed by atoms with E-state index in [1.54, 1.807) is 0 Å². The van der Waals surface area contributed by atoms with Crippen molar-refractivity contribution in [3.05, 3.63) is 67.8 Å². The zero-order valence-electron chi connectivity index (χ0n) is 15.1. The Hall–Kier alpha value is -2.93. The molecule has 0 aliphatic heterocycles. The van der Waals surface area contributed by atoms with Crippen LogP contribution in [-0.4, -0.2) is 9.55 Å². The van der Waals surface area contributed by atoms with Gasteiger partial charge in [0.2, 0.25) is 0 Å². The van der Waals surface area contributed by atoms with Crippen LogP contribution in [0.25, 0.3) is 10.9 Å². The molecule has 2 heterocycles. The maximum atomic E-state index is 14.5. The number of benzene rings is 1. The largest absolute Gasteiger partial charge is 0.419 e. The Kier molecular flexibility index (Phi) is 5.36. The van der Waals surface area contributed by atoms with Gasteiger partial charge in [0.15, 0.2) is 0 Å². The van der Waals surface area contributed by atoms with Crippen LogP contribution in [0, 0.1) is 17.1 Å². The molecule has 3 aromatic rings. The predicted octanol–water partition coefficient (Wildman–Crippen LogP) is 4.90. The van der Waals surface area contributed by atoms with E-state index in [0.29, 0.717) is 17.0 Å². The molecule has 0 amide bonds. The summed E-state index contributed by atoms with van der Waals surface area (Å²) in [5, 5.41) is 12.6. The van der Waals surface area contributed by atoms with Crippen molar-refractivity contribution in [1.29, 1.82) is 5.26 Å². The van der Waals surface area contributed by atoms with Crippen molar-refractivity contribution in [2.75, 3.05) is 5.32 Å². The van der Waals surface area contributed by atoms with E-state index in [2.05, 4.69) is 26.2 Å². The van der Waals surface area contributed by atoms with E-state index < -0.39 is 23.6 Å². The first-order chi connectivity index (χ1) is 13.6. The van der Waals surface area contributed by atoms with Crippen molar-refractivity contribution in [3.8, 4) is 6.07 Å². The maximum absolute atomic E-state index is 14.5. The summed E-state index contributed by atoms with van der Waals surface area (Å²) in [5.41, 5.74) is -1.47. The van der Waals surface area contributed by atoms with Gasteiger partial charge >= 0.3 is 6.18 Å². The van der Waals surface area contributed by atoms with Crippen LogP contribution < -0.4 is 10.9 Å². The topological polar surface area (TPSA) is 70.7 Å². The smallest absolute Gasteiger partial charge is 0.363 e. The molecule has 10 heteroatoms. The summed E-state index contributed by atoms with van der Waals surface area (Å²) >= 11 is 3.15. The molecule has 3 rings (SSSR count). The first-order valence-corrected chi connectivity index (χ1v) is 9.06. The summed E-state index contributed by atoms with van der Waals surface area (Å²) in [5.74, 6) is -1.17. The van der Waals surface area contributed by atoms with Gasteiger partial charge in [0, 0.05) is 24.2 Å². The number of aromatic nitrogens is 2. The number of alkyl halides is 3. The van der Waals surface area contributed by atoms with Gasteiger partial charge in [0.05, 0.1) is 27.2 Å². The van der Waals surface area contributed by atoms with Crippen LogP contribution in [0.5, 0.6) is 0 Å². The Morgan fingerprint density at radius 1 is 1.34 bits per heavy atom. The first-order valence-electron chi connectivity index (χ1n) is 8.26. The first kappa shape index (κ1) is 20.8. The third-order valence-corrected chi connectivity index (χ3v) is 5.05. The van der Waals surface area contributed by atoms with E-state index in [4.69, 9.17) is 0 Å². The van der Waals surface area contributed by atoms with E-state index in [1.165, 1.54) is 36.9 Å². The van der Waals surface area contributed by atoms with Crippen LogP contribution in [0.15, 0.2) is 39.7 Å². The van der Waals surface area contributed by atoms with Gasteiger partial charge < -0.3 is 9.88 Å². The van der Waals surface area contributed by atoms with E-state index in [-0.39, 0.29) is 27.0 Å². The van der Waals surface area contributed by atoms with Crippen molar-refractivity contribution in [3.63, 3.8) is 0 Å². The number of nitrogens with one attached hydrogen (secondary N) is 1. The van der Waals surface area contributed by atoms with Gasteiger partial charge in [-0.25, -0.2) is 9.37 Å². The summed E-state index contributed by atoms with van der Waals surface area (Å²) in [4.78, 5) is 16.3.